The Hall–Kier alpha value is -3.32. The number of nitrogens with zero attached hydrogens (tertiary/aromatic N) is 1. The highest BCUT2D eigenvalue weighted by Crippen LogP contribution is 2.28. The lowest BCUT2D eigenvalue weighted by molar-refractivity contribution is 0.102. The molecule has 2 aromatic carbocycles. The van der Waals surface area contributed by atoms with E-state index in [1.807, 2.05) is 47.9 Å². The van der Waals surface area contributed by atoms with Crippen molar-refractivity contribution in [2.75, 3.05) is 26.1 Å². The highest BCUT2D eigenvalue weighted by atomic mass is 32.1. The first kappa shape index (κ1) is 22.4. The Bertz CT molecular complexity index is 1050. The first-order chi connectivity index (χ1) is 15.0. The Balaban J connectivity index is 1.87. The number of ether oxygens (including phenoxy) is 3. The Morgan fingerprint density at radius 2 is 1.84 bits per heavy atom. The van der Waals surface area contributed by atoms with E-state index in [2.05, 4.69) is 24.1 Å². The molecule has 0 spiro atoms. The molecule has 0 saturated carbocycles. The predicted molar refractivity (Wildman–Crippen MR) is 125 cm³/mol. The van der Waals surface area contributed by atoms with Crippen molar-refractivity contribution in [1.82, 2.24) is 4.98 Å². The van der Waals surface area contributed by atoms with E-state index >= 15 is 0 Å². The predicted octanol–water partition coefficient (Wildman–Crippen LogP) is 5.62. The van der Waals surface area contributed by atoms with Gasteiger partial charge in [-0.3, -0.25) is 10.1 Å². The van der Waals surface area contributed by atoms with Crippen molar-refractivity contribution in [3.8, 4) is 17.2 Å². The van der Waals surface area contributed by atoms with E-state index in [1.54, 1.807) is 26.5 Å². The van der Waals surface area contributed by atoms with Gasteiger partial charge in [0.2, 0.25) is 0 Å². The maximum Gasteiger partial charge on any atom is 0.257 e. The summed E-state index contributed by atoms with van der Waals surface area (Å²) in [5.41, 5.74) is 2.30. The number of aromatic nitrogens is 1. The summed E-state index contributed by atoms with van der Waals surface area (Å²) >= 11 is 1.37. The van der Waals surface area contributed by atoms with Gasteiger partial charge < -0.3 is 14.2 Å². The quantitative estimate of drug-likeness (QED) is 0.439. The number of benzene rings is 2. The van der Waals surface area contributed by atoms with Crippen LogP contribution in [-0.4, -0.2) is 31.7 Å². The minimum absolute atomic E-state index is 0.231. The van der Waals surface area contributed by atoms with Crippen LogP contribution in [0.2, 0.25) is 0 Å². The van der Waals surface area contributed by atoms with Crippen molar-refractivity contribution < 1.29 is 19.0 Å². The summed E-state index contributed by atoms with van der Waals surface area (Å²) in [4.78, 5) is 16.8. The second-order valence-electron chi connectivity index (χ2n) is 7.23. The Kier molecular flexibility index (Phi) is 7.67. The highest BCUT2D eigenvalue weighted by molar-refractivity contribution is 7.13. The topological polar surface area (TPSA) is 69.7 Å². The van der Waals surface area contributed by atoms with Crippen LogP contribution in [0.25, 0.3) is 12.2 Å². The number of rotatable bonds is 9. The van der Waals surface area contributed by atoms with Crippen molar-refractivity contribution >= 4 is 34.5 Å². The Morgan fingerprint density at radius 3 is 2.52 bits per heavy atom. The third-order valence-corrected chi connectivity index (χ3v) is 4.99. The van der Waals surface area contributed by atoms with Gasteiger partial charge in [0.1, 0.15) is 5.75 Å². The maximum absolute atomic E-state index is 12.7. The number of methoxy groups -OCH3 is 2. The van der Waals surface area contributed by atoms with Gasteiger partial charge in [0.15, 0.2) is 16.6 Å². The number of thiazole rings is 1. The van der Waals surface area contributed by atoms with E-state index in [-0.39, 0.29) is 5.91 Å². The minimum Gasteiger partial charge on any atom is -0.493 e. The van der Waals surface area contributed by atoms with E-state index < -0.39 is 0 Å². The van der Waals surface area contributed by atoms with Crippen molar-refractivity contribution in [3.63, 3.8) is 0 Å². The first-order valence-corrected chi connectivity index (χ1v) is 10.8. The molecule has 0 bridgehead atoms. The van der Waals surface area contributed by atoms with Crippen molar-refractivity contribution in [2.45, 2.75) is 13.8 Å². The molecule has 3 aromatic rings. The molecule has 0 aliphatic carbocycles. The molecule has 0 saturated heterocycles. The van der Waals surface area contributed by atoms with Crippen molar-refractivity contribution in [3.05, 3.63) is 64.7 Å². The van der Waals surface area contributed by atoms with E-state index in [0.717, 1.165) is 11.1 Å². The summed E-state index contributed by atoms with van der Waals surface area (Å²) in [6.45, 7) is 4.73. The SMILES string of the molecule is COc1ccc(/C=C/c2cc(OCC(C)C)cc(C(=O)Nc3nccs3)c2)cc1OC. The van der Waals surface area contributed by atoms with E-state index in [9.17, 15) is 4.79 Å². The van der Waals surface area contributed by atoms with E-state index in [0.29, 0.717) is 40.5 Å². The van der Waals surface area contributed by atoms with Crippen LogP contribution < -0.4 is 19.5 Å². The van der Waals surface area contributed by atoms with Gasteiger partial charge >= 0.3 is 0 Å². The summed E-state index contributed by atoms with van der Waals surface area (Å²) in [7, 11) is 3.21. The number of carbonyl (C=O) groups excluding carboxylic acids is 1. The lowest BCUT2D eigenvalue weighted by Gasteiger charge is -2.11. The van der Waals surface area contributed by atoms with Gasteiger partial charge in [0.25, 0.3) is 5.91 Å². The summed E-state index contributed by atoms with van der Waals surface area (Å²) < 4.78 is 16.5. The standard InChI is InChI=1S/C24H26N2O4S/c1-16(2)15-30-20-12-18(6-5-17-7-8-21(28-3)22(13-17)29-4)11-19(14-20)23(27)26-24-25-9-10-31-24/h5-14,16H,15H2,1-4H3,(H,25,26,27)/b6-5+. The number of nitrogens with one attached hydrogen (secondary N) is 1. The van der Waals surface area contributed by atoms with Gasteiger partial charge in [-0.05, 0) is 47.4 Å². The number of hydrogen-bond acceptors (Lipinski definition) is 6. The zero-order chi connectivity index (χ0) is 22.2. The smallest absolute Gasteiger partial charge is 0.257 e. The minimum atomic E-state index is -0.231. The van der Waals surface area contributed by atoms with Crippen LogP contribution in [-0.2, 0) is 0 Å². The molecule has 6 nitrogen and oxygen atoms in total. The van der Waals surface area contributed by atoms with Gasteiger partial charge in [0, 0.05) is 17.1 Å². The molecule has 7 heteroatoms. The zero-order valence-corrected chi connectivity index (χ0v) is 18.9. The molecule has 1 heterocycles. The zero-order valence-electron chi connectivity index (χ0n) is 18.0. The lowest BCUT2D eigenvalue weighted by atomic mass is 10.1. The average Bonchev–Trinajstić information content (AvgIpc) is 3.29. The van der Waals surface area contributed by atoms with Crippen molar-refractivity contribution in [1.29, 1.82) is 0 Å². The van der Waals surface area contributed by atoms with Crippen LogP contribution in [0.5, 0.6) is 17.2 Å². The molecule has 3 rings (SSSR count). The fraction of sp³-hybridized carbons (Fsp3) is 0.250. The molecular weight excluding hydrogens is 412 g/mol. The Morgan fingerprint density at radius 1 is 1.06 bits per heavy atom. The molecule has 0 radical (unpaired) electrons. The average molecular weight is 439 g/mol. The Labute approximate surface area is 186 Å². The monoisotopic (exact) mass is 438 g/mol. The first-order valence-electron chi connectivity index (χ1n) is 9.87. The maximum atomic E-state index is 12.7. The number of amides is 1. The molecule has 31 heavy (non-hydrogen) atoms. The van der Waals surface area contributed by atoms with Crippen LogP contribution >= 0.6 is 11.3 Å². The summed E-state index contributed by atoms with van der Waals surface area (Å²) in [5.74, 6) is 2.11. The van der Waals surface area contributed by atoms with Gasteiger partial charge in [-0.2, -0.15) is 0 Å². The molecule has 0 aliphatic heterocycles. The van der Waals surface area contributed by atoms with E-state index in [4.69, 9.17) is 14.2 Å². The number of anilines is 1. The number of hydrogen-bond donors (Lipinski definition) is 1. The molecule has 162 valence electrons. The van der Waals surface area contributed by atoms with Gasteiger partial charge in [-0.1, -0.05) is 32.1 Å². The highest BCUT2D eigenvalue weighted by Gasteiger charge is 2.11. The molecule has 1 N–H and O–H groups in total. The van der Waals surface area contributed by atoms with Gasteiger partial charge in [-0.25, -0.2) is 4.98 Å². The molecule has 1 amide bonds. The fourth-order valence-corrected chi connectivity index (χ4v) is 3.32. The van der Waals surface area contributed by atoms with E-state index in [1.165, 1.54) is 11.3 Å². The summed E-state index contributed by atoms with van der Waals surface area (Å²) in [6, 6.07) is 11.2. The van der Waals surface area contributed by atoms with Crippen LogP contribution in [0.15, 0.2) is 48.0 Å². The molecule has 0 aliphatic rings. The molecule has 0 atom stereocenters. The third-order valence-electron chi connectivity index (χ3n) is 4.30. The molecule has 0 unspecified atom stereocenters. The number of carbonyl (C=O) groups is 1. The van der Waals surface area contributed by atoms with Gasteiger partial charge in [0.05, 0.1) is 20.8 Å². The van der Waals surface area contributed by atoms with Crippen LogP contribution in [0.3, 0.4) is 0 Å². The molecular formula is C24H26N2O4S. The van der Waals surface area contributed by atoms with Gasteiger partial charge in [-0.15, -0.1) is 11.3 Å². The van der Waals surface area contributed by atoms with Crippen LogP contribution in [0.1, 0.15) is 35.3 Å². The fourth-order valence-electron chi connectivity index (χ4n) is 2.80. The molecule has 0 fully saturated rings. The molecule has 1 aromatic heterocycles. The lowest BCUT2D eigenvalue weighted by Crippen LogP contribution is -2.12. The third kappa shape index (κ3) is 6.33. The van der Waals surface area contributed by atoms with Crippen molar-refractivity contribution in [2.24, 2.45) is 5.92 Å². The summed E-state index contributed by atoms with van der Waals surface area (Å²) in [5, 5.41) is 5.19. The van der Waals surface area contributed by atoms with Crippen LogP contribution in [0, 0.1) is 5.92 Å². The second-order valence-corrected chi connectivity index (χ2v) is 8.13. The van der Waals surface area contributed by atoms with Crippen LogP contribution in [0.4, 0.5) is 5.13 Å². The largest absolute Gasteiger partial charge is 0.493 e. The second kappa shape index (κ2) is 10.6. The normalized spacial score (nSPS) is 11.0. The summed E-state index contributed by atoms with van der Waals surface area (Å²) in [6.07, 6.45) is 5.54.